The van der Waals surface area contributed by atoms with E-state index in [-0.39, 0.29) is 17.9 Å². The average Bonchev–Trinajstić information content (AvgIpc) is 3.17. The fraction of sp³-hybridized carbons (Fsp3) is 0.667. The van der Waals surface area contributed by atoms with E-state index in [0.717, 1.165) is 50.6 Å². The molecule has 0 bridgehead atoms. The predicted molar refractivity (Wildman–Crippen MR) is 97.4 cm³/mol. The van der Waals surface area contributed by atoms with E-state index in [4.69, 9.17) is 0 Å². The number of carbonyl (C=O) groups excluding carboxylic acids is 2. The molecule has 26 heavy (non-hydrogen) atoms. The maximum Gasteiger partial charge on any atom is 0.245 e. The van der Waals surface area contributed by atoms with Crippen LogP contribution in [-0.2, 0) is 9.59 Å². The van der Waals surface area contributed by atoms with Crippen molar-refractivity contribution in [3.8, 4) is 0 Å². The molecule has 0 radical (unpaired) electrons. The normalized spacial score (nSPS) is 33.8. The molecule has 1 aromatic rings. The lowest BCUT2D eigenvalue weighted by Crippen LogP contribution is -2.56. The molecule has 3 aliphatic heterocycles. The molecule has 0 aromatic carbocycles. The van der Waals surface area contributed by atoms with Gasteiger partial charge < -0.3 is 9.80 Å². The van der Waals surface area contributed by atoms with Crippen molar-refractivity contribution in [2.75, 3.05) is 13.1 Å². The van der Waals surface area contributed by atoms with Gasteiger partial charge in [-0.05, 0) is 68.1 Å². The van der Waals surface area contributed by atoms with Crippen LogP contribution in [0.3, 0.4) is 0 Å². The van der Waals surface area contributed by atoms with Gasteiger partial charge in [-0.15, -0.1) is 0 Å². The SMILES string of the molecule is Cc1ccncc1C1CN(C(=O)[C@@H]2CC[C@@H]3C[C@@H]4C[C@H]4CCC(=O)N32)C1. The largest absolute Gasteiger partial charge is 0.340 e. The standard InChI is InChI=1S/C21H27N3O2/c1-13-6-7-22-10-18(13)16-11-23(12-16)21(26)19-4-3-17-9-15-8-14(15)2-5-20(25)24(17)19/h6-7,10,14-17,19H,2-5,8-9,11-12H2,1H3/t14-,15+,17-,19+/m1/s1. The Morgan fingerprint density at radius 3 is 2.81 bits per heavy atom. The highest BCUT2D eigenvalue weighted by Gasteiger charge is 2.49. The lowest BCUT2D eigenvalue weighted by Gasteiger charge is -2.43. The van der Waals surface area contributed by atoms with Crippen LogP contribution in [-0.4, -0.2) is 51.8 Å². The number of rotatable bonds is 2. The Morgan fingerprint density at radius 1 is 1.15 bits per heavy atom. The Hall–Kier alpha value is -1.91. The second-order valence-corrected chi connectivity index (χ2v) is 8.75. The molecule has 0 N–H and O–H groups in total. The molecule has 0 unspecified atom stereocenters. The second-order valence-electron chi connectivity index (χ2n) is 8.75. The summed E-state index contributed by atoms with van der Waals surface area (Å²) in [6.07, 6.45) is 9.69. The minimum absolute atomic E-state index is 0.173. The van der Waals surface area contributed by atoms with Crippen molar-refractivity contribution in [3.05, 3.63) is 29.6 Å². The molecule has 4 aliphatic rings. The number of carbonyl (C=O) groups is 2. The molecule has 138 valence electrons. The predicted octanol–water partition coefficient (Wildman–Crippen LogP) is 2.50. The maximum absolute atomic E-state index is 13.1. The van der Waals surface area contributed by atoms with Crippen LogP contribution in [0.15, 0.2) is 18.5 Å². The molecule has 1 saturated carbocycles. The van der Waals surface area contributed by atoms with Crippen molar-refractivity contribution < 1.29 is 9.59 Å². The zero-order valence-electron chi connectivity index (χ0n) is 15.4. The summed E-state index contributed by atoms with van der Waals surface area (Å²) in [7, 11) is 0. The molecule has 1 aromatic heterocycles. The quantitative estimate of drug-likeness (QED) is 0.821. The van der Waals surface area contributed by atoms with Gasteiger partial charge in [-0.1, -0.05) is 0 Å². The molecule has 4 heterocycles. The number of nitrogens with zero attached hydrogens (tertiary/aromatic N) is 3. The summed E-state index contributed by atoms with van der Waals surface area (Å²) in [6, 6.07) is 2.13. The van der Waals surface area contributed by atoms with Crippen LogP contribution in [0.1, 0.15) is 55.6 Å². The zero-order valence-corrected chi connectivity index (χ0v) is 15.4. The molecule has 4 atom stereocenters. The first-order chi connectivity index (χ1) is 12.6. The fourth-order valence-corrected chi connectivity index (χ4v) is 5.44. The van der Waals surface area contributed by atoms with Gasteiger partial charge in [-0.25, -0.2) is 0 Å². The number of hydrogen-bond acceptors (Lipinski definition) is 3. The van der Waals surface area contributed by atoms with Crippen LogP contribution >= 0.6 is 0 Å². The summed E-state index contributed by atoms with van der Waals surface area (Å²) in [5, 5.41) is 0. The van der Waals surface area contributed by atoms with Gasteiger partial charge in [0, 0.05) is 43.9 Å². The molecule has 4 fully saturated rings. The topological polar surface area (TPSA) is 53.5 Å². The van der Waals surface area contributed by atoms with E-state index < -0.39 is 0 Å². The van der Waals surface area contributed by atoms with E-state index in [9.17, 15) is 9.59 Å². The van der Waals surface area contributed by atoms with Crippen LogP contribution in [0, 0.1) is 18.8 Å². The highest BCUT2D eigenvalue weighted by atomic mass is 16.2. The summed E-state index contributed by atoms with van der Waals surface area (Å²) in [5.41, 5.74) is 2.50. The third-order valence-corrected chi connectivity index (χ3v) is 7.16. The summed E-state index contributed by atoms with van der Waals surface area (Å²) >= 11 is 0. The van der Waals surface area contributed by atoms with Crippen molar-refractivity contribution in [1.29, 1.82) is 0 Å². The molecule has 0 spiro atoms. The number of likely N-dealkylation sites (tertiary alicyclic amines) is 1. The van der Waals surface area contributed by atoms with Crippen LogP contribution in [0.2, 0.25) is 0 Å². The number of aryl methyl sites for hydroxylation is 1. The van der Waals surface area contributed by atoms with Crippen LogP contribution in [0.25, 0.3) is 0 Å². The fourth-order valence-electron chi connectivity index (χ4n) is 5.44. The monoisotopic (exact) mass is 353 g/mol. The first-order valence-corrected chi connectivity index (χ1v) is 10.1. The summed E-state index contributed by atoms with van der Waals surface area (Å²) in [6.45, 7) is 3.63. The Kier molecular flexibility index (Phi) is 3.80. The Bertz CT molecular complexity index is 743. The first kappa shape index (κ1) is 16.3. The van der Waals surface area contributed by atoms with Crippen LogP contribution < -0.4 is 0 Å². The second kappa shape index (κ2) is 6.07. The van der Waals surface area contributed by atoms with Crippen molar-refractivity contribution in [2.24, 2.45) is 11.8 Å². The van der Waals surface area contributed by atoms with Crippen molar-refractivity contribution in [2.45, 2.75) is 63.5 Å². The Labute approximate surface area is 154 Å². The third-order valence-electron chi connectivity index (χ3n) is 7.16. The molecular formula is C21H27N3O2. The number of pyridine rings is 1. The number of amides is 2. The van der Waals surface area contributed by atoms with E-state index in [2.05, 4.69) is 11.9 Å². The minimum atomic E-state index is -0.209. The zero-order chi connectivity index (χ0) is 17.8. The van der Waals surface area contributed by atoms with Crippen molar-refractivity contribution in [3.63, 3.8) is 0 Å². The Balaban J connectivity index is 1.26. The van der Waals surface area contributed by atoms with Gasteiger partial charge in [0.15, 0.2) is 0 Å². The lowest BCUT2D eigenvalue weighted by molar-refractivity contribution is -0.148. The van der Waals surface area contributed by atoms with Crippen molar-refractivity contribution >= 4 is 11.8 Å². The van der Waals surface area contributed by atoms with Gasteiger partial charge >= 0.3 is 0 Å². The van der Waals surface area contributed by atoms with Crippen LogP contribution in [0.4, 0.5) is 0 Å². The molecular weight excluding hydrogens is 326 g/mol. The van der Waals surface area contributed by atoms with Gasteiger partial charge in [0.1, 0.15) is 6.04 Å². The van der Waals surface area contributed by atoms with Gasteiger partial charge in [-0.3, -0.25) is 14.6 Å². The van der Waals surface area contributed by atoms with E-state index in [0.29, 0.717) is 18.4 Å². The lowest BCUT2D eigenvalue weighted by atomic mass is 9.89. The van der Waals surface area contributed by atoms with E-state index >= 15 is 0 Å². The van der Waals surface area contributed by atoms with E-state index in [1.807, 2.05) is 28.3 Å². The van der Waals surface area contributed by atoms with E-state index in [1.54, 1.807) is 0 Å². The molecule has 5 rings (SSSR count). The van der Waals surface area contributed by atoms with Crippen molar-refractivity contribution in [1.82, 2.24) is 14.8 Å². The number of aromatic nitrogens is 1. The molecule has 3 saturated heterocycles. The summed E-state index contributed by atoms with van der Waals surface area (Å²) < 4.78 is 0. The smallest absolute Gasteiger partial charge is 0.245 e. The van der Waals surface area contributed by atoms with E-state index in [1.165, 1.54) is 17.5 Å². The van der Waals surface area contributed by atoms with Gasteiger partial charge in [0.2, 0.25) is 11.8 Å². The Morgan fingerprint density at radius 2 is 2.00 bits per heavy atom. The summed E-state index contributed by atoms with van der Waals surface area (Å²) in [5.74, 6) is 2.38. The minimum Gasteiger partial charge on any atom is -0.340 e. The van der Waals surface area contributed by atoms with Gasteiger partial charge in [0.05, 0.1) is 0 Å². The number of fused-ring (bicyclic) bond motifs is 2. The van der Waals surface area contributed by atoms with Crippen LogP contribution in [0.5, 0.6) is 0 Å². The van der Waals surface area contributed by atoms with Gasteiger partial charge in [0.25, 0.3) is 0 Å². The summed E-state index contributed by atoms with van der Waals surface area (Å²) in [4.78, 5) is 34.0. The molecule has 5 nitrogen and oxygen atoms in total. The molecule has 2 amide bonds. The highest BCUT2D eigenvalue weighted by molar-refractivity contribution is 5.89. The van der Waals surface area contributed by atoms with Gasteiger partial charge in [-0.2, -0.15) is 0 Å². The number of hydrogen-bond donors (Lipinski definition) is 0. The molecule has 1 aliphatic carbocycles. The maximum atomic E-state index is 13.1. The first-order valence-electron chi connectivity index (χ1n) is 10.1. The average molecular weight is 353 g/mol. The third kappa shape index (κ3) is 2.63. The molecule has 5 heteroatoms. The highest BCUT2D eigenvalue weighted by Crippen LogP contribution is 2.49.